The molecule has 39 heavy (non-hydrogen) atoms. The second kappa shape index (κ2) is 12.3. The molecule has 0 spiro atoms. The number of para-hydroxylation sites is 1. The zero-order valence-electron chi connectivity index (χ0n) is 23.3. The van der Waals surface area contributed by atoms with Crippen molar-refractivity contribution in [3.05, 3.63) is 104 Å². The van der Waals surface area contributed by atoms with Crippen molar-refractivity contribution in [3.8, 4) is 0 Å². The maximum Gasteiger partial charge on any atom is 0.303 e. The molecule has 202 valence electrons. The van der Waals surface area contributed by atoms with Crippen LogP contribution in [0.15, 0.2) is 66.7 Å². The molecular formula is C34H38N2O3. The first kappa shape index (κ1) is 28.1. The van der Waals surface area contributed by atoms with E-state index < -0.39 is 0 Å². The Labute approximate surface area is 230 Å². The highest BCUT2D eigenvalue weighted by atomic mass is 16.6. The van der Waals surface area contributed by atoms with Crippen molar-refractivity contribution >= 4 is 35.8 Å². The molecule has 1 amide bonds. The van der Waals surface area contributed by atoms with Crippen LogP contribution in [0, 0.1) is 10.4 Å². The van der Waals surface area contributed by atoms with Crippen molar-refractivity contribution in [2.75, 3.05) is 5.32 Å². The number of nitrogens with two attached hydrogens (primary N) is 1. The standard InChI is InChI=1S/C18H17N.C10H9NO.C6H12O2/c19-14-8-5-13-7-9-16-15-4-2-1-3-12(15)6-10-17(16)18(13)11-14;12-10-7-3-5-8-4-1-2-6-9(8)11-10;1-5(7)8-6(2,3)4/h1-7,9,14H,8,10-11,19H2;1-6H,7H2,(H,11,12);1-4H3/t14-;;/m0../s1. The summed E-state index contributed by atoms with van der Waals surface area (Å²) in [4.78, 5) is 21.3. The fourth-order valence-corrected chi connectivity index (χ4v) is 5.07. The molecule has 0 saturated heterocycles. The third-order valence-electron chi connectivity index (χ3n) is 6.64. The van der Waals surface area contributed by atoms with Crippen LogP contribution in [0.1, 0.15) is 57.2 Å². The van der Waals surface area contributed by atoms with Crippen LogP contribution in [0.25, 0.3) is 18.2 Å². The Balaban J connectivity index is 0.000000152. The van der Waals surface area contributed by atoms with Gasteiger partial charge in [-0.2, -0.15) is 0 Å². The number of hydrogen-bond acceptors (Lipinski definition) is 4. The number of benzene rings is 3. The number of carbonyl (C=O) groups excluding carboxylic acids is 2. The number of anilines is 1. The Bertz CT molecular complexity index is 1610. The lowest BCUT2D eigenvalue weighted by Gasteiger charge is -2.20. The van der Waals surface area contributed by atoms with Crippen LogP contribution in [0.4, 0.5) is 5.69 Å². The van der Waals surface area contributed by atoms with E-state index in [9.17, 15) is 9.59 Å². The van der Waals surface area contributed by atoms with E-state index in [0.717, 1.165) is 30.5 Å². The van der Waals surface area contributed by atoms with Crippen LogP contribution in [-0.4, -0.2) is 23.5 Å². The van der Waals surface area contributed by atoms with Gasteiger partial charge in [0.05, 0.1) is 0 Å². The summed E-state index contributed by atoms with van der Waals surface area (Å²) in [5.41, 5.74) is 10.7. The normalized spacial score (nSPS) is 16.3. The van der Waals surface area contributed by atoms with Crippen LogP contribution < -0.4 is 21.5 Å². The van der Waals surface area contributed by atoms with Crippen molar-refractivity contribution in [3.63, 3.8) is 0 Å². The van der Waals surface area contributed by atoms with E-state index in [-0.39, 0.29) is 23.5 Å². The summed E-state index contributed by atoms with van der Waals surface area (Å²) in [5, 5.41) is 8.35. The third kappa shape index (κ3) is 7.55. The second-order valence-corrected chi connectivity index (χ2v) is 11.0. The highest BCUT2D eigenvalue weighted by Gasteiger charge is 2.15. The van der Waals surface area contributed by atoms with Crippen LogP contribution in [0.2, 0.25) is 0 Å². The molecule has 2 aliphatic carbocycles. The van der Waals surface area contributed by atoms with E-state index in [1.165, 1.54) is 38.9 Å². The van der Waals surface area contributed by atoms with E-state index in [1.807, 2.05) is 57.2 Å². The fraction of sp³-hybridized carbons (Fsp3) is 0.294. The zero-order valence-corrected chi connectivity index (χ0v) is 23.3. The predicted molar refractivity (Wildman–Crippen MR) is 159 cm³/mol. The van der Waals surface area contributed by atoms with Gasteiger partial charge in [-0.15, -0.1) is 0 Å². The smallest absolute Gasteiger partial charge is 0.303 e. The van der Waals surface area contributed by atoms with Gasteiger partial charge in [0.2, 0.25) is 5.91 Å². The van der Waals surface area contributed by atoms with Gasteiger partial charge in [0, 0.05) is 25.1 Å². The van der Waals surface area contributed by atoms with Gasteiger partial charge in [-0.25, -0.2) is 0 Å². The highest BCUT2D eigenvalue weighted by Crippen LogP contribution is 2.19. The van der Waals surface area contributed by atoms with Gasteiger partial charge in [-0.1, -0.05) is 78.9 Å². The molecule has 0 fully saturated rings. The van der Waals surface area contributed by atoms with Gasteiger partial charge in [0.15, 0.2) is 0 Å². The van der Waals surface area contributed by atoms with Gasteiger partial charge in [0.1, 0.15) is 5.60 Å². The number of amides is 1. The largest absolute Gasteiger partial charge is 0.460 e. The van der Waals surface area contributed by atoms with Crippen LogP contribution >= 0.6 is 0 Å². The van der Waals surface area contributed by atoms with Gasteiger partial charge in [-0.3, -0.25) is 9.59 Å². The molecule has 0 aromatic heterocycles. The summed E-state index contributed by atoms with van der Waals surface area (Å²) in [6.45, 7) is 6.93. The predicted octanol–water partition coefficient (Wildman–Crippen LogP) is 4.75. The maximum absolute atomic E-state index is 11.1. The lowest BCUT2D eigenvalue weighted by Crippen LogP contribution is -2.31. The molecule has 3 aromatic rings. The number of carbonyl (C=O) groups is 2. The fourth-order valence-electron chi connectivity index (χ4n) is 5.07. The monoisotopic (exact) mass is 522 g/mol. The lowest BCUT2D eigenvalue weighted by atomic mass is 9.87. The molecule has 5 heteroatoms. The summed E-state index contributed by atoms with van der Waals surface area (Å²) < 4.78 is 4.80. The van der Waals surface area contributed by atoms with Gasteiger partial charge in [-0.05, 0) is 83.7 Å². The topological polar surface area (TPSA) is 81.4 Å². The minimum atomic E-state index is -0.328. The van der Waals surface area contributed by atoms with E-state index in [2.05, 4.69) is 53.9 Å². The third-order valence-corrected chi connectivity index (χ3v) is 6.64. The van der Waals surface area contributed by atoms with E-state index in [1.54, 1.807) is 0 Å². The SMILES string of the molecule is CC(=O)OC(C)(C)C.N[C@H]1CC=c2ccc3c(c2C1)CC=c1ccccc1=3.O=C1CC=Cc2ccccc2N1. The van der Waals surface area contributed by atoms with Crippen molar-refractivity contribution in [2.24, 2.45) is 5.73 Å². The average Bonchev–Trinajstić information content (AvgIpc) is 3.08. The molecule has 0 unspecified atom stereocenters. The summed E-state index contributed by atoms with van der Waals surface area (Å²) in [6.07, 6.45) is 12.0. The van der Waals surface area contributed by atoms with Crippen LogP contribution in [0.5, 0.6) is 0 Å². The number of nitrogens with one attached hydrogen (secondary N) is 1. The maximum atomic E-state index is 11.1. The molecule has 6 rings (SSSR count). The summed E-state index contributed by atoms with van der Waals surface area (Å²) >= 11 is 0. The molecule has 0 saturated carbocycles. The average molecular weight is 523 g/mol. The molecule has 0 bridgehead atoms. The summed E-state index contributed by atoms with van der Waals surface area (Å²) in [7, 11) is 0. The Morgan fingerprint density at radius 3 is 2.38 bits per heavy atom. The summed E-state index contributed by atoms with van der Waals surface area (Å²) in [6, 6.07) is 21.3. The van der Waals surface area contributed by atoms with Crippen molar-refractivity contribution < 1.29 is 14.3 Å². The first-order valence-corrected chi connectivity index (χ1v) is 13.5. The molecule has 1 aliphatic heterocycles. The minimum Gasteiger partial charge on any atom is -0.460 e. The molecule has 5 nitrogen and oxygen atoms in total. The molecular weight excluding hydrogens is 484 g/mol. The lowest BCUT2D eigenvalue weighted by molar-refractivity contribution is -0.151. The Morgan fingerprint density at radius 1 is 0.897 bits per heavy atom. The van der Waals surface area contributed by atoms with Crippen molar-refractivity contribution in [1.82, 2.24) is 0 Å². The van der Waals surface area contributed by atoms with E-state index in [0.29, 0.717) is 6.42 Å². The number of ether oxygens (including phenoxy) is 1. The first-order chi connectivity index (χ1) is 18.6. The van der Waals surface area contributed by atoms with Crippen molar-refractivity contribution in [1.29, 1.82) is 0 Å². The number of hydrogen-bond donors (Lipinski definition) is 2. The second-order valence-electron chi connectivity index (χ2n) is 11.0. The quantitative estimate of drug-likeness (QED) is 0.418. The highest BCUT2D eigenvalue weighted by molar-refractivity contribution is 5.96. The molecule has 3 aliphatic rings. The number of fused-ring (bicyclic) bond motifs is 5. The number of esters is 1. The molecule has 3 aromatic carbocycles. The van der Waals surface area contributed by atoms with Crippen LogP contribution in [-0.2, 0) is 27.2 Å². The van der Waals surface area contributed by atoms with Gasteiger partial charge in [0.25, 0.3) is 0 Å². The number of rotatable bonds is 0. The molecule has 1 atom stereocenters. The summed E-state index contributed by atoms with van der Waals surface area (Å²) in [5.74, 6) is -0.172. The first-order valence-electron chi connectivity index (χ1n) is 13.5. The molecule has 3 N–H and O–H groups in total. The van der Waals surface area contributed by atoms with Gasteiger partial charge < -0.3 is 15.8 Å². The zero-order chi connectivity index (χ0) is 28.0. The van der Waals surface area contributed by atoms with Gasteiger partial charge >= 0.3 is 5.97 Å². The Hall–Kier alpha value is -3.96. The van der Waals surface area contributed by atoms with E-state index in [4.69, 9.17) is 10.5 Å². The Kier molecular flexibility index (Phi) is 8.82. The molecule has 0 radical (unpaired) electrons. The Morgan fingerprint density at radius 2 is 1.64 bits per heavy atom. The minimum absolute atomic E-state index is 0.0520. The van der Waals surface area contributed by atoms with Crippen molar-refractivity contribution in [2.45, 2.75) is 65.0 Å². The van der Waals surface area contributed by atoms with Crippen LogP contribution in [0.3, 0.4) is 0 Å². The van der Waals surface area contributed by atoms with E-state index >= 15 is 0 Å². The molecule has 1 heterocycles.